The molecule has 3 aromatic rings. The smallest absolute Gasteiger partial charge is 0.213 e. The minimum Gasteiger partial charge on any atom is -0.477 e. The predicted octanol–water partition coefficient (Wildman–Crippen LogP) is 4.72. The summed E-state index contributed by atoms with van der Waals surface area (Å²) in [5.74, 6) is 1.76. The normalized spacial score (nSPS) is 24.0. The number of rotatable bonds is 6. The average molecular weight is 494 g/mol. The van der Waals surface area contributed by atoms with E-state index in [2.05, 4.69) is 32.0 Å². The highest BCUT2D eigenvalue weighted by atomic mass is 19.1. The van der Waals surface area contributed by atoms with Gasteiger partial charge >= 0.3 is 0 Å². The fourth-order valence-corrected chi connectivity index (χ4v) is 6.07. The molecule has 6 rings (SSSR count). The van der Waals surface area contributed by atoms with Crippen molar-refractivity contribution in [1.82, 2.24) is 19.9 Å². The van der Waals surface area contributed by atoms with Gasteiger partial charge < -0.3 is 14.2 Å². The van der Waals surface area contributed by atoms with E-state index in [0.717, 1.165) is 68.3 Å². The van der Waals surface area contributed by atoms with Crippen molar-refractivity contribution in [3.05, 3.63) is 47.9 Å². The molecule has 192 valence electrons. The molecule has 3 saturated heterocycles. The Kier molecular flexibility index (Phi) is 7.05. The summed E-state index contributed by atoms with van der Waals surface area (Å²) in [5, 5.41) is 5.02. The Bertz CT molecular complexity index is 1160. The fourth-order valence-electron chi connectivity index (χ4n) is 6.07. The van der Waals surface area contributed by atoms with E-state index in [1.165, 1.54) is 50.9 Å². The molecule has 0 spiro atoms. The molecule has 3 aliphatic rings. The Morgan fingerprint density at radius 1 is 0.972 bits per heavy atom. The first-order valence-electron chi connectivity index (χ1n) is 13.6. The summed E-state index contributed by atoms with van der Waals surface area (Å²) in [6.07, 6.45) is 7.54. The van der Waals surface area contributed by atoms with E-state index in [0.29, 0.717) is 24.1 Å². The number of benzene rings is 1. The van der Waals surface area contributed by atoms with Gasteiger partial charge in [-0.15, -0.1) is 0 Å². The number of ether oxygens (including phenoxy) is 1. The maximum absolute atomic E-state index is 13.8. The molecule has 2 atom stereocenters. The van der Waals surface area contributed by atoms with Gasteiger partial charge in [-0.1, -0.05) is 24.1 Å². The largest absolute Gasteiger partial charge is 0.477 e. The third kappa shape index (κ3) is 5.34. The molecule has 8 heteroatoms. The van der Waals surface area contributed by atoms with Crippen LogP contribution in [0.25, 0.3) is 11.0 Å². The van der Waals surface area contributed by atoms with Gasteiger partial charge in [0.05, 0.1) is 17.7 Å². The van der Waals surface area contributed by atoms with E-state index in [4.69, 9.17) is 14.2 Å². The van der Waals surface area contributed by atoms with Crippen LogP contribution in [0.2, 0.25) is 0 Å². The first kappa shape index (κ1) is 23.7. The van der Waals surface area contributed by atoms with Gasteiger partial charge in [-0.3, -0.25) is 9.80 Å². The lowest BCUT2D eigenvalue weighted by atomic mass is 9.91. The average Bonchev–Trinajstić information content (AvgIpc) is 3.14. The molecule has 2 unspecified atom stereocenters. The maximum Gasteiger partial charge on any atom is 0.213 e. The van der Waals surface area contributed by atoms with Crippen molar-refractivity contribution in [2.75, 3.05) is 50.8 Å². The topological polar surface area (TPSA) is 57.9 Å². The van der Waals surface area contributed by atoms with Crippen molar-refractivity contribution >= 4 is 16.8 Å². The Morgan fingerprint density at radius 2 is 1.86 bits per heavy atom. The zero-order chi connectivity index (χ0) is 24.3. The molecular formula is C28H36FN5O2. The van der Waals surface area contributed by atoms with Gasteiger partial charge in [0, 0.05) is 50.7 Å². The number of aromatic nitrogens is 2. The zero-order valence-corrected chi connectivity index (χ0v) is 20.9. The van der Waals surface area contributed by atoms with Gasteiger partial charge in [0.2, 0.25) is 5.88 Å². The second-order valence-electron chi connectivity index (χ2n) is 10.7. The van der Waals surface area contributed by atoms with Crippen molar-refractivity contribution in [1.29, 1.82) is 0 Å². The van der Waals surface area contributed by atoms with Crippen molar-refractivity contribution in [3.8, 4) is 5.88 Å². The number of nitrogens with zero attached hydrogens (tertiary/aromatic N) is 5. The summed E-state index contributed by atoms with van der Waals surface area (Å²) in [6, 6.07) is 11.3. The van der Waals surface area contributed by atoms with Crippen LogP contribution in [-0.2, 0) is 6.54 Å². The third-order valence-corrected chi connectivity index (χ3v) is 8.05. The number of halogens is 1. The molecule has 0 saturated carbocycles. The van der Waals surface area contributed by atoms with Crippen molar-refractivity contribution in [2.45, 2.75) is 51.1 Å². The van der Waals surface area contributed by atoms with Crippen LogP contribution in [0, 0.1) is 11.7 Å². The van der Waals surface area contributed by atoms with Crippen LogP contribution in [-0.4, -0.2) is 71.9 Å². The van der Waals surface area contributed by atoms with Gasteiger partial charge in [-0.25, -0.2) is 9.37 Å². The molecule has 3 fully saturated rings. The lowest BCUT2D eigenvalue weighted by Crippen LogP contribution is -2.57. The maximum atomic E-state index is 13.8. The second kappa shape index (κ2) is 10.7. The van der Waals surface area contributed by atoms with E-state index >= 15 is 0 Å². The Labute approximate surface area is 212 Å². The molecular weight excluding hydrogens is 457 g/mol. The van der Waals surface area contributed by atoms with E-state index in [9.17, 15) is 4.39 Å². The predicted molar refractivity (Wildman–Crippen MR) is 138 cm³/mol. The first-order valence-corrected chi connectivity index (χ1v) is 13.6. The minimum absolute atomic E-state index is 0.256. The molecule has 0 amide bonds. The third-order valence-electron chi connectivity index (χ3n) is 8.05. The highest BCUT2D eigenvalue weighted by molar-refractivity contribution is 5.88. The Morgan fingerprint density at radius 3 is 2.75 bits per heavy atom. The molecule has 7 nitrogen and oxygen atoms in total. The second-order valence-corrected chi connectivity index (χ2v) is 10.7. The molecule has 0 bridgehead atoms. The Hall–Kier alpha value is -2.71. The van der Waals surface area contributed by atoms with Crippen LogP contribution in [0.3, 0.4) is 0 Å². The molecule has 1 aromatic carbocycles. The molecule has 0 radical (unpaired) electrons. The molecule has 3 aliphatic heterocycles. The zero-order valence-electron chi connectivity index (χ0n) is 20.9. The SMILES string of the molecule is Fc1ccc2onc(N3CCN4CC(COc5cccc(CN6CCCCCC6)n5)CCC4C3)c2c1. The lowest BCUT2D eigenvalue weighted by molar-refractivity contribution is 0.0716. The van der Waals surface area contributed by atoms with E-state index in [-0.39, 0.29) is 5.82 Å². The first-order chi connectivity index (χ1) is 17.7. The molecule has 2 aromatic heterocycles. The van der Waals surface area contributed by atoms with Crippen LogP contribution in [0.5, 0.6) is 5.88 Å². The van der Waals surface area contributed by atoms with Crippen LogP contribution >= 0.6 is 0 Å². The fraction of sp³-hybridized carbons (Fsp3) is 0.571. The number of hydrogen-bond acceptors (Lipinski definition) is 7. The summed E-state index contributed by atoms with van der Waals surface area (Å²) >= 11 is 0. The number of piperazine rings is 1. The van der Waals surface area contributed by atoms with Crippen LogP contribution in [0.1, 0.15) is 44.2 Å². The molecule has 0 aliphatic carbocycles. The van der Waals surface area contributed by atoms with Crippen molar-refractivity contribution in [3.63, 3.8) is 0 Å². The highest BCUT2D eigenvalue weighted by Gasteiger charge is 2.34. The van der Waals surface area contributed by atoms with Gasteiger partial charge in [0.1, 0.15) is 5.82 Å². The quantitative estimate of drug-likeness (QED) is 0.493. The van der Waals surface area contributed by atoms with E-state index in [1.807, 2.05) is 6.07 Å². The standard InChI is InChI=1S/C28H36FN5O2/c29-22-9-11-26-25(16-22)28(31-36-26)34-15-14-33-17-21(8-10-24(33)19-34)20-35-27-7-5-6-23(30-27)18-32-12-3-1-2-4-13-32/h5-7,9,11,16,21,24H,1-4,8,10,12-15,17-20H2. The summed E-state index contributed by atoms with van der Waals surface area (Å²) in [7, 11) is 0. The van der Waals surface area contributed by atoms with Gasteiger partial charge in [0.15, 0.2) is 11.4 Å². The van der Waals surface area contributed by atoms with Crippen LogP contribution in [0.4, 0.5) is 10.2 Å². The van der Waals surface area contributed by atoms with Gasteiger partial charge in [-0.05, 0) is 63.0 Å². The molecule has 0 N–H and O–H groups in total. The van der Waals surface area contributed by atoms with E-state index in [1.54, 1.807) is 6.07 Å². The number of hydrogen-bond donors (Lipinski definition) is 0. The summed E-state index contributed by atoms with van der Waals surface area (Å²) in [4.78, 5) is 12.2. The minimum atomic E-state index is -0.256. The number of pyridine rings is 1. The monoisotopic (exact) mass is 493 g/mol. The summed E-state index contributed by atoms with van der Waals surface area (Å²) < 4.78 is 25.4. The highest BCUT2D eigenvalue weighted by Crippen LogP contribution is 2.32. The summed E-state index contributed by atoms with van der Waals surface area (Å²) in [5.41, 5.74) is 1.74. The van der Waals surface area contributed by atoms with Gasteiger partial charge in [0.25, 0.3) is 0 Å². The number of fused-ring (bicyclic) bond motifs is 2. The number of likely N-dealkylation sites (tertiary alicyclic amines) is 1. The van der Waals surface area contributed by atoms with E-state index < -0.39 is 0 Å². The Balaban J connectivity index is 1.01. The summed E-state index contributed by atoms with van der Waals surface area (Å²) in [6.45, 7) is 7.74. The molecule has 5 heterocycles. The number of anilines is 1. The lowest BCUT2D eigenvalue weighted by Gasteiger charge is -2.46. The van der Waals surface area contributed by atoms with Gasteiger partial charge in [-0.2, -0.15) is 0 Å². The van der Waals surface area contributed by atoms with Crippen molar-refractivity contribution < 1.29 is 13.7 Å². The van der Waals surface area contributed by atoms with Crippen LogP contribution < -0.4 is 9.64 Å². The number of piperidine rings is 1. The molecule has 36 heavy (non-hydrogen) atoms. The van der Waals surface area contributed by atoms with Crippen LogP contribution in [0.15, 0.2) is 40.9 Å². The van der Waals surface area contributed by atoms with Crippen molar-refractivity contribution in [2.24, 2.45) is 5.92 Å².